The molecule has 0 spiro atoms. The maximum absolute atomic E-state index is 11.6. The van der Waals surface area contributed by atoms with Crippen LogP contribution in [0.1, 0.15) is 32.1 Å². The van der Waals surface area contributed by atoms with Gasteiger partial charge in [-0.3, -0.25) is 15.0 Å². The zero-order valence-electron chi connectivity index (χ0n) is 11.4. The lowest BCUT2D eigenvalue weighted by atomic mass is 10.2. The van der Waals surface area contributed by atoms with E-state index in [0.717, 1.165) is 50.9 Å². The average molecular weight is 267 g/mol. The van der Waals surface area contributed by atoms with Crippen molar-refractivity contribution in [3.05, 3.63) is 11.8 Å². The van der Waals surface area contributed by atoms with Crippen LogP contribution in [-0.2, 0) is 9.59 Å². The van der Waals surface area contributed by atoms with Crippen LogP contribution in [0.2, 0.25) is 0 Å². The molecule has 1 fully saturated rings. The number of rotatable bonds is 3. The van der Waals surface area contributed by atoms with Crippen molar-refractivity contribution in [3.8, 4) is 0 Å². The predicted molar refractivity (Wildman–Crippen MR) is 71.0 cm³/mol. The zero-order chi connectivity index (χ0) is 13.7. The fraction of sp³-hybridized carbons (Fsp3) is 0.692. The standard InChI is InChI=1S/C13H22N4O2/c1-17-8-6-11(7-9-17)15-16-13(19)12(18)14-10-4-2-3-5-10/h6,10,15H,2-5,7-9H2,1H3,(H,14,18)(H,16,19)/p+1. The van der Waals surface area contributed by atoms with Gasteiger partial charge in [-0.1, -0.05) is 12.8 Å². The smallest absolute Gasteiger partial charge is 0.327 e. The van der Waals surface area contributed by atoms with Crippen LogP contribution in [0.3, 0.4) is 0 Å². The van der Waals surface area contributed by atoms with Crippen LogP contribution in [-0.4, -0.2) is 38.0 Å². The fourth-order valence-corrected chi connectivity index (χ4v) is 2.48. The molecule has 1 unspecified atom stereocenters. The molecule has 0 bridgehead atoms. The first kappa shape index (κ1) is 13.9. The Morgan fingerprint density at radius 3 is 2.63 bits per heavy atom. The highest BCUT2D eigenvalue weighted by molar-refractivity contribution is 6.35. The number of hydrogen-bond acceptors (Lipinski definition) is 3. The van der Waals surface area contributed by atoms with Crippen LogP contribution in [0.25, 0.3) is 0 Å². The zero-order valence-corrected chi connectivity index (χ0v) is 11.4. The molecular weight excluding hydrogens is 244 g/mol. The van der Waals surface area contributed by atoms with E-state index in [1.807, 2.05) is 6.08 Å². The van der Waals surface area contributed by atoms with Crippen LogP contribution in [0.15, 0.2) is 11.8 Å². The Hall–Kier alpha value is -1.56. The highest BCUT2D eigenvalue weighted by atomic mass is 16.2. The third-order valence-electron chi connectivity index (χ3n) is 3.75. The Bertz CT molecular complexity index is 375. The van der Waals surface area contributed by atoms with Gasteiger partial charge in [-0.05, 0) is 18.9 Å². The van der Waals surface area contributed by atoms with E-state index in [2.05, 4.69) is 23.2 Å². The number of hydrogen-bond donors (Lipinski definition) is 4. The van der Waals surface area contributed by atoms with Gasteiger partial charge in [0, 0.05) is 18.2 Å². The van der Waals surface area contributed by atoms with Gasteiger partial charge in [0.15, 0.2) is 0 Å². The molecule has 106 valence electrons. The van der Waals surface area contributed by atoms with Gasteiger partial charge < -0.3 is 15.6 Å². The Kier molecular flexibility index (Phi) is 4.79. The van der Waals surface area contributed by atoms with Crippen molar-refractivity contribution >= 4 is 11.8 Å². The molecular formula is C13H23N4O2+. The highest BCUT2D eigenvalue weighted by Gasteiger charge is 2.21. The number of nitrogens with one attached hydrogen (secondary N) is 4. The van der Waals surface area contributed by atoms with Gasteiger partial charge in [0.05, 0.1) is 20.1 Å². The summed E-state index contributed by atoms with van der Waals surface area (Å²) in [6.07, 6.45) is 7.16. The first-order valence-electron chi connectivity index (χ1n) is 7.02. The normalized spacial score (nSPS) is 23.6. The van der Waals surface area contributed by atoms with E-state index in [4.69, 9.17) is 0 Å². The summed E-state index contributed by atoms with van der Waals surface area (Å²) in [6, 6.07) is 0.171. The molecule has 6 heteroatoms. The number of amides is 2. The molecule has 2 rings (SSSR count). The van der Waals surface area contributed by atoms with Gasteiger partial charge in [0.1, 0.15) is 0 Å². The van der Waals surface area contributed by atoms with Crippen LogP contribution >= 0.6 is 0 Å². The monoisotopic (exact) mass is 267 g/mol. The van der Waals surface area contributed by atoms with Crippen molar-refractivity contribution < 1.29 is 14.5 Å². The molecule has 0 aromatic rings. The summed E-state index contributed by atoms with van der Waals surface area (Å²) < 4.78 is 0. The molecule has 6 nitrogen and oxygen atoms in total. The van der Waals surface area contributed by atoms with Gasteiger partial charge in [0.2, 0.25) is 0 Å². The second-order valence-electron chi connectivity index (χ2n) is 5.42. The summed E-state index contributed by atoms with van der Waals surface area (Å²) in [7, 11) is 2.13. The Morgan fingerprint density at radius 1 is 1.26 bits per heavy atom. The molecule has 0 aromatic heterocycles. The summed E-state index contributed by atoms with van der Waals surface area (Å²) in [5.41, 5.74) is 6.28. The van der Waals surface area contributed by atoms with Gasteiger partial charge in [-0.25, -0.2) is 0 Å². The molecule has 1 saturated carbocycles. The van der Waals surface area contributed by atoms with Crippen LogP contribution < -0.4 is 21.1 Å². The van der Waals surface area contributed by atoms with Crippen molar-refractivity contribution in [2.75, 3.05) is 20.1 Å². The molecule has 0 aromatic carbocycles. The number of quaternary nitrogens is 1. The summed E-state index contributed by atoms with van der Waals surface area (Å²) in [6.45, 7) is 1.97. The first-order chi connectivity index (χ1) is 9.15. The minimum Gasteiger partial charge on any atom is -0.345 e. The second-order valence-corrected chi connectivity index (χ2v) is 5.42. The Labute approximate surface area is 113 Å². The lowest BCUT2D eigenvalue weighted by molar-refractivity contribution is -0.875. The largest absolute Gasteiger partial charge is 0.345 e. The summed E-state index contributed by atoms with van der Waals surface area (Å²) >= 11 is 0. The Balaban J connectivity index is 1.70. The molecule has 1 atom stereocenters. The SMILES string of the molecule is C[NH+]1CC=C(NNC(=O)C(=O)NC2CCCC2)CC1. The van der Waals surface area contributed by atoms with E-state index >= 15 is 0 Å². The molecule has 0 radical (unpaired) electrons. The van der Waals surface area contributed by atoms with Crippen molar-refractivity contribution in [3.63, 3.8) is 0 Å². The number of carbonyl (C=O) groups excluding carboxylic acids is 2. The molecule has 0 saturated heterocycles. The van der Waals surface area contributed by atoms with E-state index in [-0.39, 0.29) is 6.04 Å². The fourth-order valence-electron chi connectivity index (χ4n) is 2.48. The van der Waals surface area contributed by atoms with Gasteiger partial charge in [-0.2, -0.15) is 0 Å². The third kappa shape index (κ3) is 4.24. The second kappa shape index (κ2) is 6.56. The maximum atomic E-state index is 11.6. The van der Waals surface area contributed by atoms with Crippen LogP contribution in [0.5, 0.6) is 0 Å². The summed E-state index contributed by atoms with van der Waals surface area (Å²) in [4.78, 5) is 24.7. The van der Waals surface area contributed by atoms with Gasteiger partial charge in [-0.15, -0.1) is 0 Å². The molecule has 4 N–H and O–H groups in total. The molecule has 1 aliphatic carbocycles. The molecule has 1 aliphatic heterocycles. The van der Waals surface area contributed by atoms with E-state index in [9.17, 15) is 9.59 Å². The van der Waals surface area contributed by atoms with Crippen LogP contribution in [0, 0.1) is 0 Å². The van der Waals surface area contributed by atoms with Crippen molar-refractivity contribution in [1.29, 1.82) is 0 Å². The quantitative estimate of drug-likeness (QED) is 0.370. The lowest BCUT2D eigenvalue weighted by Gasteiger charge is -2.20. The minimum absolute atomic E-state index is 0.171. The molecule has 1 heterocycles. The number of hydrazine groups is 1. The molecule has 2 amide bonds. The minimum atomic E-state index is -0.612. The number of carbonyl (C=O) groups is 2. The first-order valence-corrected chi connectivity index (χ1v) is 7.02. The van der Waals surface area contributed by atoms with Crippen molar-refractivity contribution in [2.45, 2.75) is 38.1 Å². The number of likely N-dealkylation sites (N-methyl/N-ethyl adjacent to an activating group) is 1. The van der Waals surface area contributed by atoms with E-state index in [0.29, 0.717) is 0 Å². The van der Waals surface area contributed by atoms with E-state index in [1.165, 1.54) is 4.90 Å². The van der Waals surface area contributed by atoms with E-state index in [1.54, 1.807) is 0 Å². The molecule has 2 aliphatic rings. The molecule has 19 heavy (non-hydrogen) atoms. The highest BCUT2D eigenvalue weighted by Crippen LogP contribution is 2.17. The topological polar surface area (TPSA) is 74.7 Å². The maximum Gasteiger partial charge on any atom is 0.327 e. The van der Waals surface area contributed by atoms with Crippen LogP contribution in [0.4, 0.5) is 0 Å². The van der Waals surface area contributed by atoms with Gasteiger partial charge in [0.25, 0.3) is 0 Å². The predicted octanol–water partition coefficient (Wildman–Crippen LogP) is -1.53. The Morgan fingerprint density at radius 2 is 2.00 bits per heavy atom. The lowest BCUT2D eigenvalue weighted by Crippen LogP contribution is -3.09. The van der Waals surface area contributed by atoms with E-state index < -0.39 is 11.8 Å². The summed E-state index contributed by atoms with van der Waals surface area (Å²) in [5.74, 6) is -1.15. The average Bonchev–Trinajstić information content (AvgIpc) is 2.90. The van der Waals surface area contributed by atoms with Crippen molar-refractivity contribution in [1.82, 2.24) is 16.2 Å². The van der Waals surface area contributed by atoms with Crippen molar-refractivity contribution in [2.24, 2.45) is 0 Å². The summed E-state index contributed by atoms with van der Waals surface area (Å²) in [5, 5.41) is 2.76. The third-order valence-corrected chi connectivity index (χ3v) is 3.75. The van der Waals surface area contributed by atoms with Gasteiger partial charge >= 0.3 is 11.8 Å².